The number of fused-ring (bicyclic) bond motifs is 1. The van der Waals surface area contributed by atoms with E-state index in [1.807, 2.05) is 25.3 Å². The number of allylic oxidation sites excluding steroid dienone is 8. The first-order valence-corrected chi connectivity index (χ1v) is 13.9. The molecule has 1 unspecified atom stereocenters. The van der Waals surface area contributed by atoms with Crippen LogP contribution in [0, 0.1) is 18.3 Å². The molecule has 4 heteroatoms. The van der Waals surface area contributed by atoms with Crippen molar-refractivity contribution in [2.24, 2.45) is 5.92 Å². The molecule has 5 rings (SSSR count). The molecule has 39 heavy (non-hydrogen) atoms. The highest BCUT2D eigenvalue weighted by Gasteiger charge is 2.17. The third-order valence-electron chi connectivity index (χ3n) is 7.53. The molecule has 0 bridgehead atoms. The normalized spacial score (nSPS) is 19.4. The zero-order valence-corrected chi connectivity index (χ0v) is 23.1. The van der Waals surface area contributed by atoms with Crippen molar-refractivity contribution in [1.82, 2.24) is 15.6 Å². The average molecular weight is 515 g/mol. The fourth-order valence-corrected chi connectivity index (χ4v) is 5.50. The minimum Gasteiger partial charge on any atom is -0.360 e. The number of nitrogens with zero attached hydrogens (tertiary/aromatic N) is 1. The van der Waals surface area contributed by atoms with E-state index >= 15 is 0 Å². The predicted molar refractivity (Wildman–Crippen MR) is 165 cm³/mol. The molecule has 0 amide bonds. The monoisotopic (exact) mass is 514 g/mol. The number of benzene rings is 1. The first kappa shape index (κ1) is 26.4. The second-order valence-electron chi connectivity index (χ2n) is 10.7. The molecule has 1 aromatic heterocycles. The highest BCUT2D eigenvalue weighted by Crippen LogP contribution is 2.29. The Hall–Kier alpha value is -4.18. The molecule has 3 aliphatic rings. The van der Waals surface area contributed by atoms with E-state index in [-0.39, 0.29) is 0 Å². The van der Waals surface area contributed by atoms with Gasteiger partial charge in [0.25, 0.3) is 0 Å². The Morgan fingerprint density at radius 1 is 1.21 bits per heavy atom. The molecule has 0 saturated heterocycles. The van der Waals surface area contributed by atoms with Gasteiger partial charge in [0, 0.05) is 22.8 Å². The summed E-state index contributed by atoms with van der Waals surface area (Å²) in [7, 11) is 0. The van der Waals surface area contributed by atoms with Crippen LogP contribution in [0.1, 0.15) is 62.4 Å². The van der Waals surface area contributed by atoms with Gasteiger partial charge in [0.1, 0.15) is 0 Å². The van der Waals surface area contributed by atoms with Gasteiger partial charge < -0.3 is 16.0 Å². The first-order valence-electron chi connectivity index (χ1n) is 13.9. The second kappa shape index (κ2) is 12.1. The van der Waals surface area contributed by atoms with Gasteiger partial charge in [0.15, 0.2) is 0 Å². The molecular weight excluding hydrogens is 476 g/mol. The van der Waals surface area contributed by atoms with Gasteiger partial charge in [0.2, 0.25) is 0 Å². The third kappa shape index (κ3) is 6.64. The van der Waals surface area contributed by atoms with Crippen LogP contribution in [0.2, 0.25) is 0 Å². The SMILES string of the molecule is C=C/C(=C\C/C(C)=C/C1CCC(=N)C1)NC1=CCC=c2ccc(C3=C(c4cccc(C)n4)NC=CC3)cc2=C1. The lowest BCUT2D eigenvalue weighted by atomic mass is 9.95. The van der Waals surface area contributed by atoms with Crippen molar-refractivity contribution in [3.8, 4) is 0 Å². The lowest BCUT2D eigenvalue weighted by Gasteiger charge is -2.18. The van der Waals surface area contributed by atoms with Gasteiger partial charge in [-0.25, -0.2) is 0 Å². The van der Waals surface area contributed by atoms with Crippen molar-refractivity contribution in [3.05, 3.63) is 124 Å². The standard InChI is InChI=1S/C35H38N4/c1-4-31(18-13-24(2)20-26-14-17-30(36)21-26)39-32-10-6-9-27-15-16-28(22-29(27)23-32)33-11-7-19-37-35(33)34-12-5-8-25(3)38-34/h4-5,7-10,12,15-16,18-20,22-23,26,36-37,39H,1,6,11,13-14,17,21H2,2-3H3/b24-20+,31-18+,36-30?. The van der Waals surface area contributed by atoms with E-state index in [1.165, 1.54) is 27.1 Å². The quantitative estimate of drug-likeness (QED) is 0.281. The van der Waals surface area contributed by atoms with Gasteiger partial charge in [-0.3, -0.25) is 4.98 Å². The van der Waals surface area contributed by atoms with Gasteiger partial charge >= 0.3 is 0 Å². The van der Waals surface area contributed by atoms with Crippen molar-refractivity contribution in [1.29, 1.82) is 5.41 Å². The van der Waals surface area contributed by atoms with Crippen LogP contribution in [-0.4, -0.2) is 10.7 Å². The Morgan fingerprint density at radius 3 is 2.90 bits per heavy atom. The number of hydrogen-bond acceptors (Lipinski definition) is 4. The van der Waals surface area contributed by atoms with Crippen LogP contribution in [0.25, 0.3) is 23.4 Å². The minimum absolute atomic E-state index is 0.525. The van der Waals surface area contributed by atoms with E-state index in [4.69, 9.17) is 10.4 Å². The molecule has 198 valence electrons. The Labute approximate surface area is 232 Å². The summed E-state index contributed by atoms with van der Waals surface area (Å²) in [6, 6.07) is 12.9. The molecule has 1 saturated carbocycles. The summed E-state index contributed by atoms with van der Waals surface area (Å²) in [6.45, 7) is 8.27. The molecule has 1 atom stereocenters. The van der Waals surface area contributed by atoms with Crippen LogP contribution in [-0.2, 0) is 0 Å². The molecule has 2 heterocycles. The number of pyridine rings is 1. The van der Waals surface area contributed by atoms with Crippen LogP contribution >= 0.6 is 0 Å². The van der Waals surface area contributed by atoms with Crippen LogP contribution < -0.4 is 21.1 Å². The Kier molecular flexibility index (Phi) is 8.21. The van der Waals surface area contributed by atoms with Gasteiger partial charge in [-0.05, 0) is 116 Å². The maximum absolute atomic E-state index is 7.88. The highest BCUT2D eigenvalue weighted by atomic mass is 14.9. The number of aryl methyl sites for hydroxylation is 1. The number of dihydropyridines is 1. The van der Waals surface area contributed by atoms with Crippen LogP contribution in [0.5, 0.6) is 0 Å². The Bertz CT molecular complexity index is 1560. The number of nitrogens with one attached hydrogen (secondary N) is 3. The number of hydrogen-bond donors (Lipinski definition) is 3. The summed E-state index contributed by atoms with van der Waals surface area (Å²) < 4.78 is 0. The van der Waals surface area contributed by atoms with E-state index in [2.05, 4.69) is 90.9 Å². The molecular formula is C35H38N4. The lowest BCUT2D eigenvalue weighted by Crippen LogP contribution is -2.26. The molecule has 0 radical (unpaired) electrons. The van der Waals surface area contributed by atoms with Crippen molar-refractivity contribution in [2.75, 3.05) is 0 Å². The predicted octanol–water partition coefficient (Wildman–Crippen LogP) is 6.43. The van der Waals surface area contributed by atoms with Crippen LogP contribution in [0.3, 0.4) is 0 Å². The van der Waals surface area contributed by atoms with Crippen molar-refractivity contribution in [3.63, 3.8) is 0 Å². The zero-order valence-electron chi connectivity index (χ0n) is 23.1. The third-order valence-corrected chi connectivity index (χ3v) is 7.53. The van der Waals surface area contributed by atoms with Gasteiger partial charge in [0.05, 0.1) is 11.4 Å². The summed E-state index contributed by atoms with van der Waals surface area (Å²) in [6.07, 6.45) is 23.0. The van der Waals surface area contributed by atoms with Gasteiger partial charge in [-0.2, -0.15) is 0 Å². The number of aromatic nitrogens is 1. The Morgan fingerprint density at radius 2 is 2.10 bits per heavy atom. The fourth-order valence-electron chi connectivity index (χ4n) is 5.50. The molecule has 4 nitrogen and oxygen atoms in total. The van der Waals surface area contributed by atoms with E-state index in [0.29, 0.717) is 5.92 Å². The molecule has 1 fully saturated rings. The molecule has 3 N–H and O–H groups in total. The maximum Gasteiger partial charge on any atom is 0.0870 e. The topological polar surface area (TPSA) is 60.8 Å². The molecule has 2 aromatic rings. The molecule has 0 spiro atoms. The largest absolute Gasteiger partial charge is 0.360 e. The minimum atomic E-state index is 0.525. The Balaban J connectivity index is 1.39. The van der Waals surface area contributed by atoms with E-state index in [1.54, 1.807) is 0 Å². The molecule has 1 aliphatic heterocycles. The average Bonchev–Trinajstić information content (AvgIpc) is 3.24. The summed E-state index contributed by atoms with van der Waals surface area (Å²) in [5.41, 5.74) is 9.84. The van der Waals surface area contributed by atoms with Crippen LogP contribution in [0.15, 0.2) is 96.5 Å². The summed E-state index contributed by atoms with van der Waals surface area (Å²) in [5, 5.41) is 17.4. The summed E-state index contributed by atoms with van der Waals surface area (Å²) >= 11 is 0. The van der Waals surface area contributed by atoms with E-state index in [0.717, 1.165) is 72.7 Å². The van der Waals surface area contributed by atoms with Gasteiger partial charge in [-0.15, -0.1) is 0 Å². The second-order valence-corrected chi connectivity index (χ2v) is 10.7. The van der Waals surface area contributed by atoms with Crippen molar-refractivity contribution in [2.45, 2.75) is 52.4 Å². The highest BCUT2D eigenvalue weighted by molar-refractivity contribution is 5.91. The van der Waals surface area contributed by atoms with Crippen LogP contribution in [0.4, 0.5) is 0 Å². The fraction of sp³-hybridized carbons (Fsp3) is 0.257. The van der Waals surface area contributed by atoms with Crippen molar-refractivity contribution < 1.29 is 0 Å². The summed E-state index contributed by atoms with van der Waals surface area (Å²) in [5.74, 6) is 0.525. The van der Waals surface area contributed by atoms with Crippen molar-refractivity contribution >= 4 is 29.1 Å². The number of rotatable bonds is 8. The summed E-state index contributed by atoms with van der Waals surface area (Å²) in [4.78, 5) is 4.77. The van der Waals surface area contributed by atoms with Gasteiger partial charge in [-0.1, -0.05) is 60.7 Å². The van der Waals surface area contributed by atoms with E-state index in [9.17, 15) is 0 Å². The van der Waals surface area contributed by atoms with E-state index < -0.39 is 0 Å². The smallest absolute Gasteiger partial charge is 0.0870 e. The molecule has 2 aliphatic carbocycles. The maximum atomic E-state index is 7.88. The first-order chi connectivity index (χ1) is 19.0. The molecule has 1 aromatic carbocycles. The zero-order chi connectivity index (χ0) is 27.2. The lowest BCUT2D eigenvalue weighted by molar-refractivity contribution is 0.688.